The quantitative estimate of drug-likeness (QED) is 0.899. The van der Waals surface area contributed by atoms with E-state index in [1.165, 1.54) is 24.0 Å². The van der Waals surface area contributed by atoms with Gasteiger partial charge in [-0.05, 0) is 51.5 Å². The van der Waals surface area contributed by atoms with Crippen molar-refractivity contribution in [3.05, 3.63) is 29.3 Å². The van der Waals surface area contributed by atoms with Crippen LogP contribution in [0.15, 0.2) is 18.2 Å². The molecule has 3 nitrogen and oxygen atoms in total. The third-order valence-corrected chi connectivity index (χ3v) is 4.38. The van der Waals surface area contributed by atoms with E-state index < -0.39 is 0 Å². The average molecular weight is 260 g/mol. The smallest absolute Gasteiger partial charge is 0.123 e. The van der Waals surface area contributed by atoms with Crippen LogP contribution in [-0.4, -0.2) is 43.7 Å². The predicted molar refractivity (Wildman–Crippen MR) is 77.8 cm³/mol. The maximum absolute atomic E-state index is 6.07. The molecule has 3 rings (SSSR count). The van der Waals surface area contributed by atoms with E-state index in [0.29, 0.717) is 6.10 Å². The molecule has 0 radical (unpaired) electrons. The summed E-state index contributed by atoms with van der Waals surface area (Å²) in [6, 6.07) is 7.24. The molecule has 1 unspecified atom stereocenters. The molecule has 2 aliphatic heterocycles. The first kappa shape index (κ1) is 12.9. The SMILES string of the molecule is Cc1ccc2c(c1)CC(CN(C)C1CCNCC1)O2. The van der Waals surface area contributed by atoms with Crippen LogP contribution in [0.4, 0.5) is 0 Å². The Labute approximate surface area is 115 Å². The van der Waals surface area contributed by atoms with Crippen LogP contribution in [-0.2, 0) is 6.42 Å². The second-order valence-electron chi connectivity index (χ2n) is 5.98. The molecule has 1 aromatic rings. The first-order valence-corrected chi connectivity index (χ1v) is 7.39. The molecule has 1 fully saturated rings. The fraction of sp³-hybridized carbons (Fsp3) is 0.625. The molecule has 0 aliphatic carbocycles. The molecule has 1 aromatic carbocycles. The summed E-state index contributed by atoms with van der Waals surface area (Å²) in [5, 5.41) is 3.43. The Morgan fingerprint density at radius 1 is 1.32 bits per heavy atom. The minimum absolute atomic E-state index is 0.330. The molecular weight excluding hydrogens is 236 g/mol. The van der Waals surface area contributed by atoms with Crippen LogP contribution in [0.25, 0.3) is 0 Å². The normalized spacial score (nSPS) is 23.4. The van der Waals surface area contributed by atoms with E-state index in [9.17, 15) is 0 Å². The summed E-state index contributed by atoms with van der Waals surface area (Å²) in [6.07, 6.45) is 3.91. The van der Waals surface area contributed by atoms with Crippen molar-refractivity contribution >= 4 is 0 Å². The number of ether oxygens (including phenoxy) is 1. The number of fused-ring (bicyclic) bond motifs is 1. The van der Waals surface area contributed by atoms with Crippen molar-refractivity contribution < 1.29 is 4.74 Å². The number of likely N-dealkylation sites (N-methyl/N-ethyl adjacent to an activating group) is 1. The number of benzene rings is 1. The van der Waals surface area contributed by atoms with E-state index in [-0.39, 0.29) is 0 Å². The fourth-order valence-corrected chi connectivity index (χ4v) is 3.27. The van der Waals surface area contributed by atoms with E-state index in [0.717, 1.165) is 37.8 Å². The highest BCUT2D eigenvalue weighted by Crippen LogP contribution is 2.30. The highest BCUT2D eigenvalue weighted by molar-refractivity contribution is 5.40. The van der Waals surface area contributed by atoms with Gasteiger partial charge in [0, 0.05) is 19.0 Å². The van der Waals surface area contributed by atoms with Crippen LogP contribution in [0.3, 0.4) is 0 Å². The van der Waals surface area contributed by atoms with Gasteiger partial charge >= 0.3 is 0 Å². The molecule has 3 heteroatoms. The van der Waals surface area contributed by atoms with Gasteiger partial charge in [-0.15, -0.1) is 0 Å². The van der Waals surface area contributed by atoms with Gasteiger partial charge in [-0.25, -0.2) is 0 Å². The van der Waals surface area contributed by atoms with Gasteiger partial charge in [-0.2, -0.15) is 0 Å². The Balaban J connectivity index is 1.57. The van der Waals surface area contributed by atoms with Gasteiger partial charge in [-0.3, -0.25) is 4.90 Å². The van der Waals surface area contributed by atoms with Crippen molar-refractivity contribution in [2.75, 3.05) is 26.7 Å². The maximum Gasteiger partial charge on any atom is 0.123 e. The van der Waals surface area contributed by atoms with Gasteiger partial charge < -0.3 is 10.1 Å². The first-order chi connectivity index (χ1) is 9.22. The number of aryl methyl sites for hydroxylation is 1. The topological polar surface area (TPSA) is 24.5 Å². The third-order valence-electron chi connectivity index (χ3n) is 4.38. The lowest BCUT2D eigenvalue weighted by Gasteiger charge is -2.32. The minimum atomic E-state index is 0.330. The van der Waals surface area contributed by atoms with E-state index in [4.69, 9.17) is 4.74 Å². The molecule has 1 N–H and O–H groups in total. The lowest BCUT2D eigenvalue weighted by atomic mass is 10.0. The highest BCUT2D eigenvalue weighted by Gasteiger charge is 2.26. The molecule has 104 valence electrons. The van der Waals surface area contributed by atoms with E-state index in [2.05, 4.69) is 42.4 Å². The summed E-state index contributed by atoms with van der Waals surface area (Å²) < 4.78 is 6.07. The van der Waals surface area contributed by atoms with Crippen LogP contribution in [0, 0.1) is 6.92 Å². The van der Waals surface area contributed by atoms with Gasteiger partial charge in [0.25, 0.3) is 0 Å². The molecule has 0 amide bonds. The lowest BCUT2D eigenvalue weighted by molar-refractivity contribution is 0.123. The zero-order valence-electron chi connectivity index (χ0n) is 12.0. The summed E-state index contributed by atoms with van der Waals surface area (Å²) in [5.74, 6) is 1.09. The number of piperidine rings is 1. The summed E-state index contributed by atoms with van der Waals surface area (Å²) >= 11 is 0. The predicted octanol–water partition coefficient (Wildman–Crippen LogP) is 1.98. The second kappa shape index (κ2) is 5.51. The van der Waals surface area contributed by atoms with Crippen molar-refractivity contribution in [1.82, 2.24) is 10.2 Å². The number of rotatable bonds is 3. The third kappa shape index (κ3) is 2.93. The molecule has 19 heavy (non-hydrogen) atoms. The van der Waals surface area contributed by atoms with Gasteiger partial charge in [0.1, 0.15) is 11.9 Å². The summed E-state index contributed by atoms with van der Waals surface area (Å²) in [6.45, 7) is 5.49. The van der Waals surface area contributed by atoms with E-state index in [1.807, 2.05) is 0 Å². The molecule has 1 atom stereocenters. The molecule has 0 saturated carbocycles. The number of hydrogen-bond donors (Lipinski definition) is 1. The van der Waals surface area contributed by atoms with Crippen molar-refractivity contribution in [2.24, 2.45) is 0 Å². The molecule has 0 aromatic heterocycles. The first-order valence-electron chi connectivity index (χ1n) is 7.39. The van der Waals surface area contributed by atoms with Crippen LogP contribution >= 0.6 is 0 Å². The summed E-state index contributed by atoms with van der Waals surface area (Å²) in [7, 11) is 2.24. The van der Waals surface area contributed by atoms with Gasteiger partial charge in [-0.1, -0.05) is 17.7 Å². The number of nitrogens with zero attached hydrogens (tertiary/aromatic N) is 1. The molecule has 2 heterocycles. The Kier molecular flexibility index (Phi) is 3.76. The minimum Gasteiger partial charge on any atom is -0.488 e. The zero-order chi connectivity index (χ0) is 13.2. The van der Waals surface area contributed by atoms with Crippen molar-refractivity contribution in [3.63, 3.8) is 0 Å². The monoisotopic (exact) mass is 260 g/mol. The summed E-state index contributed by atoms with van der Waals surface area (Å²) in [5.41, 5.74) is 2.71. The Morgan fingerprint density at radius 2 is 2.11 bits per heavy atom. The van der Waals surface area contributed by atoms with Crippen LogP contribution in [0.5, 0.6) is 5.75 Å². The largest absolute Gasteiger partial charge is 0.488 e. The van der Waals surface area contributed by atoms with Gasteiger partial charge in [0.2, 0.25) is 0 Å². The lowest BCUT2D eigenvalue weighted by Crippen LogP contribution is -2.44. The Bertz CT molecular complexity index is 440. The second-order valence-corrected chi connectivity index (χ2v) is 5.98. The standard InChI is InChI=1S/C16H24N2O/c1-12-3-4-16-13(9-12)10-15(19-16)11-18(2)14-5-7-17-8-6-14/h3-4,9,14-15,17H,5-8,10-11H2,1-2H3. The van der Waals surface area contributed by atoms with Crippen LogP contribution < -0.4 is 10.1 Å². The van der Waals surface area contributed by atoms with Crippen LogP contribution in [0.1, 0.15) is 24.0 Å². The number of hydrogen-bond acceptors (Lipinski definition) is 3. The van der Waals surface area contributed by atoms with Gasteiger partial charge in [0.15, 0.2) is 0 Å². The average Bonchev–Trinajstić information content (AvgIpc) is 2.81. The highest BCUT2D eigenvalue weighted by atomic mass is 16.5. The zero-order valence-corrected chi connectivity index (χ0v) is 12.0. The Morgan fingerprint density at radius 3 is 2.89 bits per heavy atom. The van der Waals surface area contributed by atoms with Crippen molar-refractivity contribution in [3.8, 4) is 5.75 Å². The molecular formula is C16H24N2O. The fourth-order valence-electron chi connectivity index (χ4n) is 3.27. The number of nitrogens with one attached hydrogen (secondary N) is 1. The molecule has 2 aliphatic rings. The van der Waals surface area contributed by atoms with Crippen molar-refractivity contribution in [2.45, 2.75) is 38.3 Å². The van der Waals surface area contributed by atoms with E-state index >= 15 is 0 Å². The molecule has 0 bridgehead atoms. The molecule has 1 saturated heterocycles. The van der Waals surface area contributed by atoms with Crippen LogP contribution in [0.2, 0.25) is 0 Å². The van der Waals surface area contributed by atoms with E-state index in [1.54, 1.807) is 0 Å². The maximum atomic E-state index is 6.07. The van der Waals surface area contributed by atoms with Gasteiger partial charge in [0.05, 0.1) is 0 Å². The van der Waals surface area contributed by atoms with Crippen molar-refractivity contribution in [1.29, 1.82) is 0 Å². The Hall–Kier alpha value is -1.06. The molecule has 0 spiro atoms. The summed E-state index contributed by atoms with van der Waals surface area (Å²) in [4.78, 5) is 2.49.